The number of hydrogen-bond donors (Lipinski definition) is 1. The highest BCUT2D eigenvalue weighted by atomic mass is 35.5. The van der Waals surface area contributed by atoms with Crippen molar-refractivity contribution < 1.29 is 9.63 Å². The summed E-state index contributed by atoms with van der Waals surface area (Å²) in [6.07, 6.45) is 0. The summed E-state index contributed by atoms with van der Waals surface area (Å²) in [5, 5.41) is 0.651. The molecule has 1 aromatic rings. The third-order valence-corrected chi connectivity index (χ3v) is 2.15. The number of aryl methyl sites for hydroxylation is 1. The number of rotatable bonds is 3. The van der Waals surface area contributed by atoms with Gasteiger partial charge >= 0.3 is 0 Å². The Morgan fingerprint density at radius 1 is 1.57 bits per heavy atom. The molecule has 0 aliphatic rings. The van der Waals surface area contributed by atoms with E-state index in [9.17, 15) is 4.79 Å². The van der Waals surface area contributed by atoms with Gasteiger partial charge in [0, 0.05) is 10.6 Å². The summed E-state index contributed by atoms with van der Waals surface area (Å²) in [4.78, 5) is 16.2. The molecular formula is C10H12ClNO2. The summed E-state index contributed by atoms with van der Waals surface area (Å²) in [6.45, 7) is 4.09. The number of nitrogens with one attached hydrogen (secondary N) is 1. The zero-order valence-corrected chi connectivity index (χ0v) is 8.89. The van der Waals surface area contributed by atoms with Crippen molar-refractivity contribution >= 4 is 17.5 Å². The molecule has 0 unspecified atom stereocenters. The number of carbonyl (C=O) groups is 1. The smallest absolute Gasteiger partial charge is 0.274 e. The van der Waals surface area contributed by atoms with Crippen LogP contribution >= 0.6 is 11.6 Å². The first kappa shape index (κ1) is 11.0. The molecule has 0 aromatic heterocycles. The van der Waals surface area contributed by atoms with E-state index >= 15 is 0 Å². The summed E-state index contributed by atoms with van der Waals surface area (Å²) < 4.78 is 0. The van der Waals surface area contributed by atoms with Crippen molar-refractivity contribution in [1.29, 1.82) is 0 Å². The Labute approximate surface area is 88.0 Å². The molecule has 0 aliphatic heterocycles. The Balaban J connectivity index is 2.76. The van der Waals surface area contributed by atoms with Crippen molar-refractivity contribution in [1.82, 2.24) is 5.48 Å². The second-order valence-electron chi connectivity index (χ2n) is 2.83. The minimum Gasteiger partial charge on any atom is -0.274 e. The van der Waals surface area contributed by atoms with Crippen LogP contribution in [0.5, 0.6) is 0 Å². The molecule has 0 saturated heterocycles. The molecule has 3 nitrogen and oxygen atoms in total. The first-order valence-electron chi connectivity index (χ1n) is 4.33. The summed E-state index contributed by atoms with van der Waals surface area (Å²) in [6, 6.07) is 5.07. The second-order valence-corrected chi connectivity index (χ2v) is 3.24. The lowest BCUT2D eigenvalue weighted by Crippen LogP contribution is -2.23. The summed E-state index contributed by atoms with van der Waals surface area (Å²) >= 11 is 5.83. The van der Waals surface area contributed by atoms with Crippen molar-refractivity contribution in [3.8, 4) is 0 Å². The third kappa shape index (κ3) is 2.72. The Bertz CT molecular complexity index is 339. The summed E-state index contributed by atoms with van der Waals surface area (Å²) in [7, 11) is 0. The Morgan fingerprint density at radius 2 is 2.29 bits per heavy atom. The van der Waals surface area contributed by atoms with Crippen molar-refractivity contribution in [2.45, 2.75) is 13.8 Å². The number of halogens is 1. The van der Waals surface area contributed by atoms with Gasteiger partial charge in [-0.3, -0.25) is 9.63 Å². The molecular weight excluding hydrogens is 202 g/mol. The van der Waals surface area contributed by atoms with Crippen LogP contribution in [0.1, 0.15) is 22.8 Å². The maximum atomic E-state index is 11.4. The highest BCUT2D eigenvalue weighted by Crippen LogP contribution is 2.15. The lowest BCUT2D eigenvalue weighted by Gasteiger charge is -2.05. The van der Waals surface area contributed by atoms with Gasteiger partial charge in [-0.05, 0) is 37.6 Å². The molecule has 1 amide bonds. The molecule has 0 bridgehead atoms. The highest BCUT2D eigenvalue weighted by Gasteiger charge is 2.06. The van der Waals surface area contributed by atoms with Gasteiger partial charge < -0.3 is 0 Å². The molecule has 4 heteroatoms. The van der Waals surface area contributed by atoms with E-state index in [1.807, 2.05) is 6.92 Å². The van der Waals surface area contributed by atoms with E-state index in [2.05, 4.69) is 5.48 Å². The second kappa shape index (κ2) is 4.98. The minimum atomic E-state index is -0.258. The normalized spacial score (nSPS) is 9.93. The standard InChI is InChI=1S/C10H12ClNO2/c1-3-14-12-10(13)8-4-5-9(11)7(2)6-8/h4-6H,3H2,1-2H3,(H,12,13). The predicted molar refractivity (Wildman–Crippen MR) is 55.3 cm³/mol. The van der Waals surface area contributed by atoms with Crippen LogP contribution in [-0.4, -0.2) is 12.5 Å². The molecule has 1 aromatic carbocycles. The quantitative estimate of drug-likeness (QED) is 0.783. The molecule has 76 valence electrons. The van der Waals surface area contributed by atoms with Gasteiger partial charge in [0.2, 0.25) is 0 Å². The SMILES string of the molecule is CCONC(=O)c1ccc(Cl)c(C)c1. The van der Waals surface area contributed by atoms with Gasteiger partial charge in [0.15, 0.2) is 0 Å². The molecule has 0 aliphatic carbocycles. The van der Waals surface area contributed by atoms with E-state index in [0.29, 0.717) is 17.2 Å². The van der Waals surface area contributed by atoms with Crippen molar-refractivity contribution in [2.75, 3.05) is 6.61 Å². The Morgan fingerprint density at radius 3 is 2.86 bits per heavy atom. The first-order chi connectivity index (χ1) is 6.65. The van der Waals surface area contributed by atoms with E-state index in [1.165, 1.54) is 0 Å². The molecule has 0 heterocycles. The maximum absolute atomic E-state index is 11.4. The molecule has 0 fully saturated rings. The highest BCUT2D eigenvalue weighted by molar-refractivity contribution is 6.31. The van der Waals surface area contributed by atoms with E-state index in [0.717, 1.165) is 5.56 Å². The van der Waals surface area contributed by atoms with Gasteiger partial charge in [-0.25, -0.2) is 5.48 Å². The van der Waals surface area contributed by atoms with Gasteiger partial charge in [0.1, 0.15) is 0 Å². The predicted octanol–water partition coefficient (Wildman–Crippen LogP) is 2.33. The van der Waals surface area contributed by atoms with Gasteiger partial charge in [-0.1, -0.05) is 11.6 Å². The van der Waals surface area contributed by atoms with E-state index in [-0.39, 0.29) is 5.91 Å². The lowest BCUT2D eigenvalue weighted by molar-refractivity contribution is 0.0364. The summed E-state index contributed by atoms with van der Waals surface area (Å²) in [5.41, 5.74) is 3.73. The van der Waals surface area contributed by atoms with Crippen molar-refractivity contribution in [3.63, 3.8) is 0 Å². The average molecular weight is 214 g/mol. The number of hydrogen-bond acceptors (Lipinski definition) is 2. The maximum Gasteiger partial charge on any atom is 0.274 e. The topological polar surface area (TPSA) is 38.3 Å². The van der Waals surface area contributed by atoms with Crippen LogP contribution in [0.2, 0.25) is 5.02 Å². The fourth-order valence-electron chi connectivity index (χ4n) is 0.983. The zero-order valence-electron chi connectivity index (χ0n) is 8.13. The summed E-state index contributed by atoms with van der Waals surface area (Å²) in [5.74, 6) is -0.258. The minimum absolute atomic E-state index is 0.258. The molecule has 14 heavy (non-hydrogen) atoms. The van der Waals surface area contributed by atoms with E-state index < -0.39 is 0 Å². The number of benzene rings is 1. The van der Waals surface area contributed by atoms with Crippen LogP contribution in [0, 0.1) is 6.92 Å². The largest absolute Gasteiger partial charge is 0.274 e. The van der Waals surface area contributed by atoms with Crippen molar-refractivity contribution in [3.05, 3.63) is 34.3 Å². The van der Waals surface area contributed by atoms with Crippen LogP contribution in [0.3, 0.4) is 0 Å². The molecule has 0 atom stereocenters. The van der Waals surface area contributed by atoms with E-state index in [1.54, 1.807) is 25.1 Å². The fourth-order valence-corrected chi connectivity index (χ4v) is 1.10. The molecule has 0 radical (unpaired) electrons. The van der Waals surface area contributed by atoms with Gasteiger partial charge in [0.25, 0.3) is 5.91 Å². The van der Waals surface area contributed by atoms with Crippen LogP contribution in [-0.2, 0) is 4.84 Å². The first-order valence-corrected chi connectivity index (χ1v) is 4.71. The monoisotopic (exact) mass is 213 g/mol. The van der Waals surface area contributed by atoms with Gasteiger partial charge in [-0.15, -0.1) is 0 Å². The van der Waals surface area contributed by atoms with Crippen LogP contribution in [0.4, 0.5) is 0 Å². The third-order valence-electron chi connectivity index (χ3n) is 1.73. The molecule has 0 spiro atoms. The molecule has 0 saturated carbocycles. The zero-order chi connectivity index (χ0) is 10.6. The Hall–Kier alpha value is -1.06. The van der Waals surface area contributed by atoms with E-state index in [4.69, 9.17) is 16.4 Å². The number of hydroxylamine groups is 1. The van der Waals surface area contributed by atoms with Gasteiger partial charge in [-0.2, -0.15) is 0 Å². The average Bonchev–Trinajstić information content (AvgIpc) is 2.18. The van der Waals surface area contributed by atoms with Gasteiger partial charge in [0.05, 0.1) is 6.61 Å². The number of carbonyl (C=O) groups excluding carboxylic acids is 1. The Kier molecular flexibility index (Phi) is 3.92. The fraction of sp³-hybridized carbons (Fsp3) is 0.300. The number of amides is 1. The van der Waals surface area contributed by atoms with Crippen LogP contribution < -0.4 is 5.48 Å². The van der Waals surface area contributed by atoms with Crippen LogP contribution in [0.15, 0.2) is 18.2 Å². The lowest BCUT2D eigenvalue weighted by atomic mass is 10.1. The molecule has 1 N–H and O–H groups in total. The van der Waals surface area contributed by atoms with Crippen molar-refractivity contribution in [2.24, 2.45) is 0 Å². The molecule has 1 rings (SSSR count). The van der Waals surface area contributed by atoms with Crippen LogP contribution in [0.25, 0.3) is 0 Å².